The number of benzene rings is 1. The van der Waals surface area contributed by atoms with Crippen molar-refractivity contribution in [1.82, 2.24) is 15.0 Å². The molecule has 0 saturated carbocycles. The topological polar surface area (TPSA) is 77.0 Å². The van der Waals surface area contributed by atoms with Gasteiger partial charge in [0.05, 0.1) is 18.8 Å². The first-order valence-electron chi connectivity index (χ1n) is 6.51. The number of carbonyl (C=O) groups excluding carboxylic acids is 1. The highest BCUT2D eigenvalue weighted by atomic mass is 35.5. The Bertz CT molecular complexity index is 882. The smallest absolute Gasteiger partial charge is 0.275 e. The zero-order valence-corrected chi connectivity index (χ0v) is 13.4. The zero-order chi connectivity index (χ0) is 16.4. The first-order chi connectivity index (χ1) is 11.1. The lowest BCUT2D eigenvalue weighted by molar-refractivity contribution is 0.102. The third-order valence-electron chi connectivity index (χ3n) is 3.01. The van der Waals surface area contributed by atoms with Gasteiger partial charge in [-0.05, 0) is 24.3 Å². The quantitative estimate of drug-likeness (QED) is 0.731. The minimum absolute atomic E-state index is 0.144. The molecule has 0 aliphatic carbocycles. The summed E-state index contributed by atoms with van der Waals surface area (Å²) < 4.78 is 5.23. The normalized spacial score (nSPS) is 10.6. The largest absolute Gasteiger partial charge is 0.494 e. The summed E-state index contributed by atoms with van der Waals surface area (Å²) in [4.78, 5) is 24.7. The Morgan fingerprint density at radius 2 is 1.91 bits per heavy atom. The summed E-state index contributed by atoms with van der Waals surface area (Å²) in [5, 5.41) is 3.01. The van der Waals surface area contributed by atoms with Crippen LogP contribution in [-0.2, 0) is 0 Å². The average molecular weight is 349 g/mol. The van der Waals surface area contributed by atoms with Gasteiger partial charge in [-0.25, -0.2) is 9.97 Å². The molecule has 0 radical (unpaired) electrons. The summed E-state index contributed by atoms with van der Waals surface area (Å²) in [5.74, 6) is 0.100. The number of halogens is 2. The number of nitrogens with zero attached hydrogens (tertiary/aromatic N) is 3. The van der Waals surface area contributed by atoms with Crippen LogP contribution in [0.25, 0.3) is 11.0 Å². The van der Waals surface area contributed by atoms with Crippen LogP contribution < -0.4 is 10.1 Å². The van der Waals surface area contributed by atoms with Crippen molar-refractivity contribution >= 4 is 45.8 Å². The number of hydrogen-bond acceptors (Lipinski definition) is 5. The van der Waals surface area contributed by atoms with Crippen LogP contribution in [0.3, 0.4) is 0 Å². The highest BCUT2D eigenvalue weighted by Gasteiger charge is 2.12. The summed E-state index contributed by atoms with van der Waals surface area (Å²) >= 11 is 11.6. The van der Waals surface area contributed by atoms with Gasteiger partial charge in [-0.3, -0.25) is 9.78 Å². The van der Waals surface area contributed by atoms with Gasteiger partial charge in [0.2, 0.25) is 0 Å². The molecule has 8 heteroatoms. The van der Waals surface area contributed by atoms with E-state index in [1.54, 1.807) is 18.2 Å². The molecule has 3 rings (SSSR count). The van der Waals surface area contributed by atoms with Crippen LogP contribution in [-0.4, -0.2) is 28.0 Å². The Morgan fingerprint density at radius 3 is 2.61 bits per heavy atom. The Kier molecular flexibility index (Phi) is 4.27. The minimum Gasteiger partial charge on any atom is -0.494 e. The minimum atomic E-state index is -0.441. The van der Waals surface area contributed by atoms with E-state index in [1.807, 2.05) is 0 Å². The van der Waals surface area contributed by atoms with Crippen molar-refractivity contribution in [2.24, 2.45) is 0 Å². The van der Waals surface area contributed by atoms with Crippen LogP contribution in [0.2, 0.25) is 10.3 Å². The predicted octanol–water partition coefficient (Wildman–Crippen LogP) is 3.59. The van der Waals surface area contributed by atoms with Crippen LogP contribution in [0, 0.1) is 0 Å². The van der Waals surface area contributed by atoms with Gasteiger partial charge in [0, 0.05) is 5.69 Å². The second kappa shape index (κ2) is 6.36. The van der Waals surface area contributed by atoms with Gasteiger partial charge < -0.3 is 10.1 Å². The maximum atomic E-state index is 12.3. The van der Waals surface area contributed by atoms with Crippen LogP contribution in [0.4, 0.5) is 5.69 Å². The average Bonchev–Trinajstić information content (AvgIpc) is 2.52. The molecular formula is C15H10Cl2N4O2. The number of nitrogens with one attached hydrogen (secondary N) is 1. The summed E-state index contributed by atoms with van der Waals surface area (Å²) in [6, 6.07) is 8.31. The van der Waals surface area contributed by atoms with Crippen LogP contribution in [0.5, 0.6) is 5.75 Å². The number of para-hydroxylation sites is 1. The molecule has 1 amide bonds. The number of rotatable bonds is 3. The van der Waals surface area contributed by atoms with Gasteiger partial charge in [0.1, 0.15) is 27.3 Å². The van der Waals surface area contributed by atoms with Crippen molar-refractivity contribution in [2.75, 3.05) is 12.4 Å². The fraction of sp³-hybridized carbons (Fsp3) is 0.0667. The van der Waals surface area contributed by atoms with Crippen molar-refractivity contribution < 1.29 is 9.53 Å². The fourth-order valence-corrected chi connectivity index (χ4v) is 2.47. The van der Waals surface area contributed by atoms with Gasteiger partial charge in [0.15, 0.2) is 0 Å². The summed E-state index contributed by atoms with van der Waals surface area (Å²) in [7, 11) is 1.53. The van der Waals surface area contributed by atoms with E-state index in [9.17, 15) is 4.79 Å². The summed E-state index contributed by atoms with van der Waals surface area (Å²) in [6.07, 6.45) is 1.39. The zero-order valence-electron chi connectivity index (χ0n) is 11.9. The maximum absolute atomic E-state index is 12.3. The van der Waals surface area contributed by atoms with Gasteiger partial charge in [-0.1, -0.05) is 29.3 Å². The molecule has 1 aromatic carbocycles. The number of aromatic nitrogens is 3. The van der Waals surface area contributed by atoms with Crippen molar-refractivity contribution in [3.05, 3.63) is 52.5 Å². The number of hydrogen-bond donors (Lipinski definition) is 1. The van der Waals surface area contributed by atoms with Crippen LogP contribution in [0.1, 0.15) is 10.5 Å². The Hall–Kier alpha value is -2.44. The molecule has 0 spiro atoms. The lowest BCUT2D eigenvalue weighted by atomic mass is 10.2. The molecule has 0 bridgehead atoms. The summed E-state index contributed by atoms with van der Waals surface area (Å²) in [5.41, 5.74) is 1.71. The van der Waals surface area contributed by atoms with E-state index >= 15 is 0 Å². The Morgan fingerprint density at radius 1 is 1.17 bits per heavy atom. The number of fused-ring (bicyclic) bond motifs is 1. The molecule has 116 valence electrons. The fourth-order valence-electron chi connectivity index (χ4n) is 2.01. The van der Waals surface area contributed by atoms with Crippen molar-refractivity contribution in [3.8, 4) is 5.75 Å². The van der Waals surface area contributed by atoms with Gasteiger partial charge in [0.25, 0.3) is 5.91 Å². The molecule has 0 atom stereocenters. The number of ether oxygens (including phenoxy) is 1. The van der Waals surface area contributed by atoms with E-state index in [4.69, 9.17) is 27.9 Å². The molecule has 3 aromatic rings. The highest BCUT2D eigenvalue weighted by molar-refractivity contribution is 6.33. The number of carbonyl (C=O) groups is 1. The Labute approximate surface area is 141 Å². The van der Waals surface area contributed by atoms with E-state index in [1.165, 1.54) is 25.4 Å². The molecule has 1 N–H and O–H groups in total. The third kappa shape index (κ3) is 3.33. The molecule has 0 saturated heterocycles. The summed E-state index contributed by atoms with van der Waals surface area (Å²) in [6.45, 7) is 0. The van der Waals surface area contributed by atoms with E-state index in [2.05, 4.69) is 20.3 Å². The van der Waals surface area contributed by atoms with E-state index < -0.39 is 5.91 Å². The van der Waals surface area contributed by atoms with E-state index in [0.29, 0.717) is 22.5 Å². The molecule has 23 heavy (non-hydrogen) atoms. The van der Waals surface area contributed by atoms with Gasteiger partial charge >= 0.3 is 0 Å². The number of anilines is 1. The SMILES string of the molecule is COc1cccc2ncc(C(=O)Nc3cc(Cl)nc(Cl)c3)nc12. The van der Waals surface area contributed by atoms with E-state index in [-0.39, 0.29) is 16.0 Å². The molecule has 0 aliphatic heterocycles. The molecular weight excluding hydrogens is 339 g/mol. The lowest BCUT2D eigenvalue weighted by Crippen LogP contribution is -2.14. The van der Waals surface area contributed by atoms with Gasteiger partial charge in [-0.2, -0.15) is 0 Å². The number of pyridine rings is 1. The second-order valence-corrected chi connectivity index (χ2v) is 5.31. The molecule has 0 fully saturated rings. The molecule has 0 unspecified atom stereocenters. The maximum Gasteiger partial charge on any atom is 0.275 e. The molecule has 6 nitrogen and oxygen atoms in total. The van der Waals surface area contributed by atoms with Crippen LogP contribution >= 0.6 is 23.2 Å². The number of methoxy groups -OCH3 is 1. The lowest BCUT2D eigenvalue weighted by Gasteiger charge is -2.07. The Balaban J connectivity index is 1.94. The van der Waals surface area contributed by atoms with Crippen molar-refractivity contribution in [1.29, 1.82) is 0 Å². The predicted molar refractivity (Wildman–Crippen MR) is 88.3 cm³/mol. The first kappa shape index (κ1) is 15.5. The van der Waals surface area contributed by atoms with Gasteiger partial charge in [-0.15, -0.1) is 0 Å². The van der Waals surface area contributed by atoms with Crippen molar-refractivity contribution in [3.63, 3.8) is 0 Å². The molecule has 2 aromatic heterocycles. The van der Waals surface area contributed by atoms with Crippen molar-refractivity contribution in [2.45, 2.75) is 0 Å². The monoisotopic (exact) mass is 348 g/mol. The van der Waals surface area contributed by atoms with E-state index in [0.717, 1.165) is 0 Å². The van der Waals surface area contributed by atoms with Crippen LogP contribution in [0.15, 0.2) is 36.5 Å². The highest BCUT2D eigenvalue weighted by Crippen LogP contribution is 2.23. The molecule has 2 heterocycles. The third-order valence-corrected chi connectivity index (χ3v) is 3.40. The standard InChI is InChI=1S/C15H10Cl2N4O2/c1-23-11-4-2-3-9-14(11)20-10(7-18-9)15(22)19-8-5-12(16)21-13(17)6-8/h2-7H,1H3,(H,19,21,22). The second-order valence-electron chi connectivity index (χ2n) is 4.54. The molecule has 0 aliphatic rings. The first-order valence-corrected chi connectivity index (χ1v) is 7.26. The number of amides is 1.